The van der Waals surface area contributed by atoms with Gasteiger partial charge in [0.05, 0.1) is 0 Å². The van der Waals surface area contributed by atoms with Crippen molar-refractivity contribution in [3.05, 3.63) is 36.5 Å². The molecule has 0 aromatic heterocycles. The van der Waals surface area contributed by atoms with E-state index in [1.807, 2.05) is 0 Å². The van der Waals surface area contributed by atoms with Crippen LogP contribution in [0.15, 0.2) is 36.5 Å². The van der Waals surface area contributed by atoms with Gasteiger partial charge < -0.3 is 0 Å². The van der Waals surface area contributed by atoms with Crippen LogP contribution in [0.25, 0.3) is 0 Å². The fourth-order valence-electron chi connectivity index (χ4n) is 0.670. The van der Waals surface area contributed by atoms with Crippen LogP contribution in [0.1, 0.15) is 12.8 Å². The summed E-state index contributed by atoms with van der Waals surface area (Å²) >= 11 is 0. The summed E-state index contributed by atoms with van der Waals surface area (Å²) in [5.41, 5.74) is 0. The van der Waals surface area contributed by atoms with Crippen molar-refractivity contribution in [3.63, 3.8) is 0 Å². The van der Waals surface area contributed by atoms with Gasteiger partial charge >= 0.3 is 0 Å². The van der Waals surface area contributed by atoms with E-state index in [4.69, 9.17) is 0 Å². The SMILES string of the molecule is C1=CC=CCCC=C1.[Fe]. The number of hydrogen-bond donors (Lipinski definition) is 0. The van der Waals surface area contributed by atoms with Gasteiger partial charge in [-0.3, -0.25) is 0 Å². The zero-order valence-corrected chi connectivity index (χ0v) is 6.34. The van der Waals surface area contributed by atoms with E-state index >= 15 is 0 Å². The smallest absolute Gasteiger partial charge is 0 e. The van der Waals surface area contributed by atoms with Crippen molar-refractivity contribution >= 4 is 0 Å². The first-order valence-corrected chi connectivity index (χ1v) is 2.98. The summed E-state index contributed by atoms with van der Waals surface area (Å²) in [5.74, 6) is 0. The maximum absolute atomic E-state index is 2.18. The number of rotatable bonds is 0. The summed E-state index contributed by atoms with van der Waals surface area (Å²) in [7, 11) is 0. The zero-order valence-electron chi connectivity index (χ0n) is 5.23. The molecule has 0 nitrogen and oxygen atoms in total. The van der Waals surface area contributed by atoms with Crippen LogP contribution in [0.4, 0.5) is 0 Å². The molecule has 0 saturated carbocycles. The molecular formula is C8H10Fe. The predicted molar refractivity (Wildman–Crippen MR) is 36.7 cm³/mol. The monoisotopic (exact) mass is 162 g/mol. The minimum absolute atomic E-state index is 0. The van der Waals surface area contributed by atoms with Gasteiger partial charge in [0.15, 0.2) is 0 Å². The third kappa shape index (κ3) is 4.26. The summed E-state index contributed by atoms with van der Waals surface area (Å²) in [4.78, 5) is 0. The first-order valence-electron chi connectivity index (χ1n) is 2.98. The van der Waals surface area contributed by atoms with Crippen molar-refractivity contribution in [2.75, 3.05) is 0 Å². The van der Waals surface area contributed by atoms with Crippen LogP contribution in [0.3, 0.4) is 0 Å². The standard InChI is InChI=1S/C8H10.Fe/c1-2-4-6-8-7-5-3-1;/h1-6H,7-8H2;. The Balaban J connectivity index is 0.000000640. The molecule has 0 aliphatic heterocycles. The minimum Gasteiger partial charge on any atom is -0.0842 e. The molecule has 50 valence electrons. The van der Waals surface area contributed by atoms with Crippen LogP contribution in [0.2, 0.25) is 0 Å². The van der Waals surface area contributed by atoms with Gasteiger partial charge in [-0.25, -0.2) is 0 Å². The average molecular weight is 162 g/mol. The van der Waals surface area contributed by atoms with Crippen LogP contribution in [-0.4, -0.2) is 0 Å². The Morgan fingerprint density at radius 2 is 1.11 bits per heavy atom. The predicted octanol–water partition coefficient (Wildman–Crippen LogP) is 2.45. The van der Waals surface area contributed by atoms with E-state index in [0.29, 0.717) is 0 Å². The van der Waals surface area contributed by atoms with Crippen molar-refractivity contribution in [2.45, 2.75) is 12.8 Å². The largest absolute Gasteiger partial charge is 0.0842 e. The Morgan fingerprint density at radius 3 is 1.56 bits per heavy atom. The van der Waals surface area contributed by atoms with Gasteiger partial charge in [0.25, 0.3) is 0 Å². The van der Waals surface area contributed by atoms with Gasteiger partial charge in [-0.2, -0.15) is 0 Å². The molecule has 0 atom stereocenters. The summed E-state index contributed by atoms with van der Waals surface area (Å²) in [6.07, 6.45) is 15.0. The van der Waals surface area contributed by atoms with Crippen molar-refractivity contribution in [1.29, 1.82) is 0 Å². The Kier molecular flexibility index (Phi) is 5.70. The molecule has 0 unspecified atom stereocenters. The Labute approximate surface area is 66.8 Å². The van der Waals surface area contributed by atoms with Crippen molar-refractivity contribution in [1.82, 2.24) is 0 Å². The van der Waals surface area contributed by atoms with E-state index in [1.165, 1.54) is 12.8 Å². The van der Waals surface area contributed by atoms with Crippen LogP contribution in [0, 0.1) is 0 Å². The second kappa shape index (κ2) is 5.87. The third-order valence-corrected chi connectivity index (χ3v) is 1.11. The Hall–Kier alpha value is -0.261. The van der Waals surface area contributed by atoms with E-state index in [0.717, 1.165) is 0 Å². The van der Waals surface area contributed by atoms with E-state index in [-0.39, 0.29) is 17.1 Å². The maximum atomic E-state index is 2.18. The molecule has 0 aromatic carbocycles. The Morgan fingerprint density at radius 1 is 0.667 bits per heavy atom. The second-order valence-corrected chi connectivity index (χ2v) is 1.82. The average Bonchev–Trinajstić information content (AvgIpc) is 1.62. The summed E-state index contributed by atoms with van der Waals surface area (Å²) in [6.45, 7) is 0. The molecule has 0 amide bonds. The first kappa shape index (κ1) is 8.74. The van der Waals surface area contributed by atoms with Crippen molar-refractivity contribution in [2.24, 2.45) is 0 Å². The molecule has 0 N–H and O–H groups in total. The van der Waals surface area contributed by atoms with Crippen LogP contribution >= 0.6 is 0 Å². The Bertz CT molecular complexity index is 116. The third-order valence-electron chi connectivity index (χ3n) is 1.11. The van der Waals surface area contributed by atoms with E-state index < -0.39 is 0 Å². The van der Waals surface area contributed by atoms with Gasteiger partial charge in [0.2, 0.25) is 0 Å². The van der Waals surface area contributed by atoms with Crippen LogP contribution in [-0.2, 0) is 17.1 Å². The van der Waals surface area contributed by atoms with E-state index in [2.05, 4.69) is 36.5 Å². The van der Waals surface area contributed by atoms with Gasteiger partial charge in [-0.05, 0) is 12.8 Å². The van der Waals surface area contributed by atoms with E-state index in [9.17, 15) is 0 Å². The van der Waals surface area contributed by atoms with Gasteiger partial charge in [0, 0.05) is 17.1 Å². The molecule has 1 rings (SSSR count). The molecule has 1 aliphatic carbocycles. The fraction of sp³-hybridized carbons (Fsp3) is 0.250. The number of hydrogen-bond acceptors (Lipinski definition) is 0. The second-order valence-electron chi connectivity index (χ2n) is 1.82. The molecule has 1 aliphatic rings. The molecule has 0 saturated heterocycles. The molecule has 0 fully saturated rings. The minimum atomic E-state index is 0. The quantitative estimate of drug-likeness (QED) is 0.480. The van der Waals surface area contributed by atoms with Gasteiger partial charge in [-0.15, -0.1) is 0 Å². The molecule has 9 heavy (non-hydrogen) atoms. The molecule has 0 spiro atoms. The van der Waals surface area contributed by atoms with Crippen molar-refractivity contribution in [3.8, 4) is 0 Å². The topological polar surface area (TPSA) is 0 Å². The molecule has 0 radical (unpaired) electrons. The van der Waals surface area contributed by atoms with Crippen LogP contribution in [0.5, 0.6) is 0 Å². The molecule has 1 heteroatoms. The zero-order chi connectivity index (χ0) is 5.66. The van der Waals surface area contributed by atoms with E-state index in [1.54, 1.807) is 0 Å². The van der Waals surface area contributed by atoms with Gasteiger partial charge in [0.1, 0.15) is 0 Å². The molecule has 0 bridgehead atoms. The first-order chi connectivity index (χ1) is 4.00. The van der Waals surface area contributed by atoms with Crippen LogP contribution < -0.4 is 0 Å². The maximum Gasteiger partial charge on any atom is 0 e. The molecule has 0 aromatic rings. The van der Waals surface area contributed by atoms with Crippen molar-refractivity contribution < 1.29 is 17.1 Å². The molecular weight excluding hydrogens is 152 g/mol. The summed E-state index contributed by atoms with van der Waals surface area (Å²) < 4.78 is 0. The summed E-state index contributed by atoms with van der Waals surface area (Å²) in [6, 6.07) is 0. The number of allylic oxidation sites excluding steroid dienone is 6. The normalized spacial score (nSPS) is 16.0. The molecule has 0 heterocycles. The van der Waals surface area contributed by atoms with Gasteiger partial charge in [-0.1, -0.05) is 36.5 Å². The fourth-order valence-corrected chi connectivity index (χ4v) is 0.670. The summed E-state index contributed by atoms with van der Waals surface area (Å²) in [5, 5.41) is 0.